The van der Waals surface area contributed by atoms with E-state index in [-0.39, 0.29) is 0 Å². The SMILES string of the molecule is N#Cc1cc(-c2nc(Cc3cccc(Br)c3)no2)c[nH]1. The molecule has 0 atom stereocenters. The first-order valence-corrected chi connectivity index (χ1v) is 6.70. The number of hydrogen-bond acceptors (Lipinski definition) is 4. The van der Waals surface area contributed by atoms with Gasteiger partial charge in [0.2, 0.25) is 0 Å². The number of nitrogens with zero attached hydrogens (tertiary/aromatic N) is 3. The molecule has 0 aliphatic carbocycles. The molecule has 0 amide bonds. The number of aromatic amines is 1. The lowest BCUT2D eigenvalue weighted by atomic mass is 10.1. The highest BCUT2D eigenvalue weighted by molar-refractivity contribution is 9.10. The summed E-state index contributed by atoms with van der Waals surface area (Å²) in [6.07, 6.45) is 2.27. The highest BCUT2D eigenvalue weighted by Crippen LogP contribution is 2.19. The van der Waals surface area contributed by atoms with Crippen molar-refractivity contribution in [2.24, 2.45) is 0 Å². The average Bonchev–Trinajstić information content (AvgIpc) is 3.07. The van der Waals surface area contributed by atoms with Crippen molar-refractivity contribution in [2.45, 2.75) is 6.42 Å². The molecule has 3 aromatic rings. The minimum Gasteiger partial charge on any atom is -0.352 e. The van der Waals surface area contributed by atoms with Crippen molar-refractivity contribution in [1.82, 2.24) is 15.1 Å². The standard InChI is InChI=1S/C14H9BrN4O/c15-11-3-1-2-9(4-11)5-13-18-14(20-19-13)10-6-12(7-16)17-8-10/h1-4,6,8,17H,5H2. The molecule has 5 nitrogen and oxygen atoms in total. The van der Waals surface area contributed by atoms with Gasteiger partial charge in [-0.2, -0.15) is 10.2 Å². The Balaban J connectivity index is 1.82. The van der Waals surface area contributed by atoms with Gasteiger partial charge in [0.1, 0.15) is 11.8 Å². The molecule has 0 saturated heterocycles. The van der Waals surface area contributed by atoms with Gasteiger partial charge in [0.25, 0.3) is 5.89 Å². The van der Waals surface area contributed by atoms with Gasteiger partial charge in [-0.3, -0.25) is 0 Å². The smallest absolute Gasteiger partial charge is 0.259 e. The molecule has 0 radical (unpaired) electrons. The maximum atomic E-state index is 8.77. The van der Waals surface area contributed by atoms with E-state index in [0.717, 1.165) is 15.6 Å². The topological polar surface area (TPSA) is 78.5 Å². The molecule has 0 aliphatic heterocycles. The number of nitrogens with one attached hydrogen (secondary N) is 1. The predicted molar refractivity (Wildman–Crippen MR) is 75.7 cm³/mol. The van der Waals surface area contributed by atoms with Gasteiger partial charge in [-0.25, -0.2) is 0 Å². The number of benzene rings is 1. The monoisotopic (exact) mass is 328 g/mol. The predicted octanol–water partition coefficient (Wildman–Crippen LogP) is 3.29. The summed E-state index contributed by atoms with van der Waals surface area (Å²) in [5.74, 6) is 1.02. The van der Waals surface area contributed by atoms with E-state index in [4.69, 9.17) is 9.78 Å². The fourth-order valence-corrected chi connectivity index (χ4v) is 2.30. The molecule has 0 aliphatic rings. The molecular weight excluding hydrogens is 320 g/mol. The molecule has 0 bridgehead atoms. The summed E-state index contributed by atoms with van der Waals surface area (Å²) in [4.78, 5) is 7.16. The van der Waals surface area contributed by atoms with Crippen LogP contribution in [0, 0.1) is 11.3 Å². The van der Waals surface area contributed by atoms with E-state index in [1.165, 1.54) is 0 Å². The second-order valence-corrected chi connectivity index (χ2v) is 5.15. The van der Waals surface area contributed by atoms with Crippen LogP contribution in [0.3, 0.4) is 0 Å². The number of rotatable bonds is 3. The van der Waals surface area contributed by atoms with Gasteiger partial charge in [0.05, 0.1) is 5.56 Å². The van der Waals surface area contributed by atoms with E-state index in [2.05, 4.69) is 31.1 Å². The number of H-pyrrole nitrogens is 1. The zero-order chi connectivity index (χ0) is 13.9. The number of aromatic nitrogens is 3. The summed E-state index contributed by atoms with van der Waals surface area (Å²) in [5, 5.41) is 12.7. The summed E-state index contributed by atoms with van der Waals surface area (Å²) in [5.41, 5.74) is 2.28. The molecule has 6 heteroatoms. The van der Waals surface area contributed by atoms with Gasteiger partial charge >= 0.3 is 0 Å². The van der Waals surface area contributed by atoms with Gasteiger partial charge < -0.3 is 9.51 Å². The lowest BCUT2D eigenvalue weighted by molar-refractivity contribution is 0.424. The van der Waals surface area contributed by atoms with Gasteiger partial charge in [0.15, 0.2) is 5.82 Å². The van der Waals surface area contributed by atoms with Crippen molar-refractivity contribution in [3.63, 3.8) is 0 Å². The average molecular weight is 329 g/mol. The summed E-state index contributed by atoms with van der Waals surface area (Å²) < 4.78 is 6.23. The Kier molecular flexibility index (Phi) is 3.35. The van der Waals surface area contributed by atoms with Crippen LogP contribution in [0.1, 0.15) is 17.1 Å². The van der Waals surface area contributed by atoms with E-state index in [9.17, 15) is 0 Å². The van der Waals surface area contributed by atoms with E-state index < -0.39 is 0 Å². The van der Waals surface area contributed by atoms with Crippen LogP contribution in [-0.2, 0) is 6.42 Å². The third kappa shape index (κ3) is 2.63. The van der Waals surface area contributed by atoms with Crippen LogP contribution < -0.4 is 0 Å². The Bertz CT molecular complexity index is 784. The molecule has 2 heterocycles. The van der Waals surface area contributed by atoms with Crippen LogP contribution in [-0.4, -0.2) is 15.1 Å². The summed E-state index contributed by atoms with van der Waals surface area (Å²) in [6, 6.07) is 11.6. The number of hydrogen-bond donors (Lipinski definition) is 1. The van der Waals surface area contributed by atoms with Crippen LogP contribution >= 0.6 is 15.9 Å². The normalized spacial score (nSPS) is 10.4. The zero-order valence-electron chi connectivity index (χ0n) is 10.3. The first kappa shape index (κ1) is 12.6. The van der Waals surface area contributed by atoms with E-state index in [1.807, 2.05) is 30.3 Å². The molecule has 0 spiro atoms. The molecule has 0 fully saturated rings. The second kappa shape index (κ2) is 5.31. The van der Waals surface area contributed by atoms with Crippen molar-refractivity contribution in [1.29, 1.82) is 5.26 Å². The molecular formula is C14H9BrN4O. The van der Waals surface area contributed by atoms with E-state index in [1.54, 1.807) is 12.3 Å². The van der Waals surface area contributed by atoms with Crippen molar-refractivity contribution in [3.05, 3.63) is 58.1 Å². The van der Waals surface area contributed by atoms with Crippen LogP contribution in [0.5, 0.6) is 0 Å². The van der Waals surface area contributed by atoms with Crippen LogP contribution in [0.2, 0.25) is 0 Å². The fraction of sp³-hybridized carbons (Fsp3) is 0.0714. The largest absolute Gasteiger partial charge is 0.352 e. The van der Waals surface area contributed by atoms with Crippen molar-refractivity contribution in [2.75, 3.05) is 0 Å². The molecule has 0 saturated carbocycles. The Morgan fingerprint density at radius 2 is 2.25 bits per heavy atom. The Morgan fingerprint density at radius 3 is 3.00 bits per heavy atom. The van der Waals surface area contributed by atoms with Gasteiger partial charge in [0, 0.05) is 17.1 Å². The number of nitriles is 1. The van der Waals surface area contributed by atoms with Gasteiger partial charge in [-0.1, -0.05) is 33.2 Å². The summed E-state index contributed by atoms with van der Waals surface area (Å²) in [7, 11) is 0. The molecule has 0 unspecified atom stereocenters. The molecule has 3 rings (SSSR count). The van der Waals surface area contributed by atoms with E-state index >= 15 is 0 Å². The summed E-state index contributed by atoms with van der Waals surface area (Å²) >= 11 is 3.43. The molecule has 2 aromatic heterocycles. The molecule has 1 aromatic carbocycles. The zero-order valence-corrected chi connectivity index (χ0v) is 11.9. The highest BCUT2D eigenvalue weighted by atomic mass is 79.9. The van der Waals surface area contributed by atoms with Gasteiger partial charge in [-0.05, 0) is 23.8 Å². The first-order valence-electron chi connectivity index (χ1n) is 5.90. The maximum absolute atomic E-state index is 8.77. The van der Waals surface area contributed by atoms with Crippen molar-refractivity contribution < 1.29 is 4.52 Å². The first-order chi connectivity index (χ1) is 9.74. The summed E-state index contributed by atoms with van der Waals surface area (Å²) in [6.45, 7) is 0. The van der Waals surface area contributed by atoms with Crippen LogP contribution in [0.15, 0.2) is 45.5 Å². The number of halogens is 1. The Labute approximate surface area is 123 Å². The third-order valence-corrected chi connectivity index (χ3v) is 3.26. The van der Waals surface area contributed by atoms with Crippen LogP contribution in [0.25, 0.3) is 11.5 Å². The highest BCUT2D eigenvalue weighted by Gasteiger charge is 2.11. The fourth-order valence-electron chi connectivity index (χ4n) is 1.85. The third-order valence-electron chi connectivity index (χ3n) is 2.77. The minimum absolute atomic E-state index is 0.410. The van der Waals surface area contributed by atoms with Crippen molar-refractivity contribution >= 4 is 15.9 Å². The Morgan fingerprint density at radius 1 is 1.35 bits per heavy atom. The lowest BCUT2D eigenvalue weighted by Gasteiger charge is -1.96. The van der Waals surface area contributed by atoms with Crippen molar-refractivity contribution in [3.8, 4) is 17.5 Å². The molecule has 1 N–H and O–H groups in total. The minimum atomic E-state index is 0.410. The Hall–Kier alpha value is -2.39. The van der Waals surface area contributed by atoms with Gasteiger partial charge in [-0.15, -0.1) is 0 Å². The molecule has 98 valence electrons. The quantitative estimate of drug-likeness (QED) is 0.800. The maximum Gasteiger partial charge on any atom is 0.259 e. The lowest BCUT2D eigenvalue weighted by Crippen LogP contribution is -1.90. The molecule has 20 heavy (non-hydrogen) atoms. The second-order valence-electron chi connectivity index (χ2n) is 4.24. The van der Waals surface area contributed by atoms with E-state index in [0.29, 0.717) is 23.8 Å². The van der Waals surface area contributed by atoms with Crippen LogP contribution in [0.4, 0.5) is 0 Å².